The molecule has 2 aliphatic heterocycles. The van der Waals surface area contributed by atoms with Crippen molar-refractivity contribution in [3.05, 3.63) is 63.7 Å². The predicted molar refractivity (Wildman–Crippen MR) is 143 cm³/mol. The largest absolute Gasteiger partial charge is 0.347 e. The lowest BCUT2D eigenvalue weighted by molar-refractivity contribution is -0.138. The Morgan fingerprint density at radius 2 is 1.97 bits per heavy atom. The first-order chi connectivity index (χ1) is 17.7. The average Bonchev–Trinajstić information content (AvgIpc) is 3.09. The maximum atomic E-state index is 14.4. The van der Waals surface area contributed by atoms with Crippen molar-refractivity contribution in [3.63, 3.8) is 0 Å². The van der Waals surface area contributed by atoms with Crippen molar-refractivity contribution < 1.29 is 18.4 Å². The lowest BCUT2D eigenvalue weighted by atomic mass is 9.84. The van der Waals surface area contributed by atoms with Gasteiger partial charge in [-0.3, -0.25) is 14.5 Å². The maximum absolute atomic E-state index is 14.4. The fourth-order valence-electron chi connectivity index (χ4n) is 5.39. The highest BCUT2D eigenvalue weighted by Gasteiger charge is 2.43. The molecule has 0 aliphatic carbocycles. The first kappa shape index (κ1) is 29.6. The minimum atomic E-state index is -1.39. The van der Waals surface area contributed by atoms with E-state index in [9.17, 15) is 23.3 Å². The minimum Gasteiger partial charge on any atom is -0.347 e. The molecule has 38 heavy (non-hydrogen) atoms. The van der Waals surface area contributed by atoms with Gasteiger partial charge in [0.1, 0.15) is 23.2 Å². The van der Waals surface area contributed by atoms with Gasteiger partial charge in [0, 0.05) is 63.4 Å². The van der Waals surface area contributed by atoms with Crippen LogP contribution in [0.15, 0.2) is 46.8 Å². The highest BCUT2D eigenvalue weighted by Crippen LogP contribution is 2.43. The normalized spacial score (nSPS) is 25.4. The number of halogens is 2. The quantitative estimate of drug-likeness (QED) is 0.545. The number of rotatable bonds is 7. The molecule has 2 saturated heterocycles. The second kappa shape index (κ2) is 11.4. The summed E-state index contributed by atoms with van der Waals surface area (Å²) in [6.45, 7) is 10.8. The van der Waals surface area contributed by atoms with E-state index >= 15 is 0 Å². The number of likely N-dealkylation sites (tertiary alicyclic amines) is 1. The molecule has 0 aromatic heterocycles. The Balaban J connectivity index is 1.96. The zero-order chi connectivity index (χ0) is 28.4. The predicted octanol–water partition coefficient (Wildman–Crippen LogP) is 3.48. The van der Waals surface area contributed by atoms with Crippen LogP contribution in [0.1, 0.15) is 40.2 Å². The molecule has 0 spiro atoms. The Bertz CT molecular complexity index is 1150. The molecule has 3 rings (SSSR count). The highest BCUT2D eigenvalue weighted by molar-refractivity contribution is 5.85. The molecule has 2 aliphatic rings. The molecule has 1 aromatic carbocycles. The van der Waals surface area contributed by atoms with Gasteiger partial charge in [-0.05, 0) is 44.1 Å². The van der Waals surface area contributed by atoms with Crippen molar-refractivity contribution in [2.75, 3.05) is 40.3 Å². The van der Waals surface area contributed by atoms with Crippen molar-refractivity contribution in [2.24, 2.45) is 10.6 Å². The summed E-state index contributed by atoms with van der Waals surface area (Å²) in [7, 11) is 3.39. The van der Waals surface area contributed by atoms with Gasteiger partial charge < -0.3 is 15.1 Å². The topological polar surface area (TPSA) is 85.3 Å². The monoisotopic (exact) mass is 531 g/mol. The number of amides is 2. The summed E-state index contributed by atoms with van der Waals surface area (Å²) < 4.78 is 27.9. The maximum Gasteiger partial charge on any atom is 0.241 e. The third-order valence-electron chi connectivity index (χ3n) is 7.33. The van der Waals surface area contributed by atoms with Gasteiger partial charge in [-0.1, -0.05) is 31.2 Å². The molecule has 1 unspecified atom stereocenters. The van der Waals surface area contributed by atoms with Gasteiger partial charge in [-0.2, -0.15) is 0 Å². The van der Waals surface area contributed by atoms with Gasteiger partial charge in [-0.15, -0.1) is 4.91 Å². The van der Waals surface area contributed by atoms with E-state index in [0.29, 0.717) is 25.3 Å². The highest BCUT2D eigenvalue weighted by atomic mass is 19.1. The number of nitroso groups, excluding NO2 is 1. The van der Waals surface area contributed by atoms with Crippen LogP contribution in [0.5, 0.6) is 0 Å². The van der Waals surface area contributed by atoms with Crippen molar-refractivity contribution in [3.8, 4) is 0 Å². The van der Waals surface area contributed by atoms with Crippen molar-refractivity contribution in [1.82, 2.24) is 20.0 Å². The summed E-state index contributed by atoms with van der Waals surface area (Å²) in [5.41, 5.74) is -0.228. The lowest BCUT2D eigenvalue weighted by Gasteiger charge is -2.39. The smallest absolute Gasteiger partial charge is 0.241 e. The molecule has 1 aromatic rings. The van der Waals surface area contributed by atoms with Gasteiger partial charge in [-0.25, -0.2) is 8.78 Å². The molecule has 3 atom stereocenters. The second-order valence-electron chi connectivity index (χ2n) is 11.4. The second-order valence-corrected chi connectivity index (χ2v) is 11.4. The number of nitrogens with zero attached hydrogens (tertiary/aromatic N) is 4. The Morgan fingerprint density at radius 3 is 2.55 bits per heavy atom. The van der Waals surface area contributed by atoms with Crippen LogP contribution in [0, 0.1) is 22.0 Å². The zero-order valence-corrected chi connectivity index (χ0v) is 23.3. The Morgan fingerprint density at radius 1 is 1.29 bits per heavy atom. The van der Waals surface area contributed by atoms with Crippen molar-refractivity contribution in [1.29, 1.82) is 0 Å². The number of likely N-dealkylation sites (N-methyl/N-ethyl adjacent to an activating group) is 1. The first-order valence-corrected chi connectivity index (χ1v) is 12.9. The van der Waals surface area contributed by atoms with Gasteiger partial charge >= 0.3 is 0 Å². The van der Waals surface area contributed by atoms with Crippen LogP contribution in [0.25, 0.3) is 0 Å². The zero-order valence-electron chi connectivity index (χ0n) is 23.3. The number of carbonyl (C=O) groups is 2. The van der Waals surface area contributed by atoms with Crippen LogP contribution in [0.4, 0.5) is 8.78 Å². The molecular formula is C28H39F2N5O3. The van der Waals surface area contributed by atoms with Crippen molar-refractivity contribution in [2.45, 2.75) is 58.7 Å². The van der Waals surface area contributed by atoms with E-state index in [-0.39, 0.29) is 36.4 Å². The number of hydrogen-bond acceptors (Lipinski definition) is 6. The molecule has 2 heterocycles. The minimum absolute atomic E-state index is 0.0263. The van der Waals surface area contributed by atoms with E-state index in [2.05, 4.69) is 10.5 Å². The van der Waals surface area contributed by atoms with Crippen LogP contribution < -0.4 is 5.32 Å². The molecule has 10 heteroatoms. The fourth-order valence-corrected chi connectivity index (χ4v) is 5.39. The van der Waals surface area contributed by atoms with Gasteiger partial charge in [0.15, 0.2) is 0 Å². The summed E-state index contributed by atoms with van der Waals surface area (Å²) in [5.74, 6) is -1.74. The number of carbonyl (C=O) groups excluding carboxylic acids is 2. The van der Waals surface area contributed by atoms with Gasteiger partial charge in [0.2, 0.25) is 11.8 Å². The lowest BCUT2D eigenvalue weighted by Crippen LogP contribution is -2.62. The number of nitrogens with one attached hydrogen (secondary N) is 1. The molecule has 0 bridgehead atoms. The summed E-state index contributed by atoms with van der Waals surface area (Å²) >= 11 is 0. The van der Waals surface area contributed by atoms with E-state index in [4.69, 9.17) is 0 Å². The molecule has 0 saturated carbocycles. The standard InChI is InChI=1S/C28H39F2N5O3/c1-8-21-23(13-28(5,32-38)12-19-9-10-20(29)11-22(19)30)35(17-27(21,3)4)25(36)16-34-15-18(2)31-14-24(34)26(37)33(6)7/h8-11,13,18,24,31H,12,14-17H2,1-7H3/b21-8?,23-13+/t18-,24-,28?/m1/s1. The van der Waals surface area contributed by atoms with E-state index in [1.807, 2.05) is 38.7 Å². The third kappa shape index (κ3) is 6.35. The summed E-state index contributed by atoms with van der Waals surface area (Å²) in [6.07, 6.45) is 3.43. The number of allylic oxidation sites excluding steroid dienone is 2. The molecule has 8 nitrogen and oxygen atoms in total. The molecule has 2 fully saturated rings. The van der Waals surface area contributed by atoms with Crippen LogP contribution >= 0.6 is 0 Å². The SMILES string of the molecule is CC=C1/C(=C\C(C)(Cc2ccc(F)cc2F)N=O)N(C(=O)CN2C[C@@H](C)NC[C@@H]2C(=O)N(C)C)CC1(C)C. The average molecular weight is 532 g/mol. The molecule has 1 N–H and O–H groups in total. The number of piperazine rings is 1. The number of hydrogen-bond donors (Lipinski definition) is 1. The summed E-state index contributed by atoms with van der Waals surface area (Å²) in [5, 5.41) is 6.62. The van der Waals surface area contributed by atoms with Crippen LogP contribution in [-0.4, -0.2) is 84.4 Å². The first-order valence-electron chi connectivity index (χ1n) is 12.9. The molecule has 0 radical (unpaired) electrons. The molecule has 2 amide bonds. The van der Waals surface area contributed by atoms with E-state index in [1.54, 1.807) is 32.0 Å². The third-order valence-corrected chi connectivity index (χ3v) is 7.33. The Labute approximate surface area is 223 Å². The fraction of sp³-hybridized carbons (Fsp3) is 0.571. The Kier molecular flexibility index (Phi) is 8.88. The molecule has 208 valence electrons. The van der Waals surface area contributed by atoms with Gasteiger partial charge in [0.25, 0.3) is 0 Å². The number of benzene rings is 1. The summed E-state index contributed by atoms with van der Waals surface area (Å²) in [4.78, 5) is 43.8. The van der Waals surface area contributed by atoms with Gasteiger partial charge in [0.05, 0.1) is 6.54 Å². The van der Waals surface area contributed by atoms with Crippen LogP contribution in [-0.2, 0) is 16.0 Å². The van der Waals surface area contributed by atoms with E-state index < -0.39 is 28.6 Å². The Hall–Kier alpha value is -2.98. The van der Waals surface area contributed by atoms with E-state index in [0.717, 1.165) is 17.7 Å². The van der Waals surface area contributed by atoms with Crippen LogP contribution in [0.2, 0.25) is 0 Å². The van der Waals surface area contributed by atoms with Crippen molar-refractivity contribution >= 4 is 11.8 Å². The summed E-state index contributed by atoms with van der Waals surface area (Å²) in [6, 6.07) is 2.86. The van der Waals surface area contributed by atoms with Crippen LogP contribution in [0.3, 0.4) is 0 Å². The molecular weight excluding hydrogens is 492 g/mol. The van der Waals surface area contributed by atoms with E-state index in [1.165, 1.54) is 11.0 Å².